The number of anilines is 1. The summed E-state index contributed by atoms with van der Waals surface area (Å²) in [5.41, 5.74) is -1.51. The van der Waals surface area contributed by atoms with E-state index in [-0.39, 0.29) is 11.8 Å². The van der Waals surface area contributed by atoms with Crippen LogP contribution in [-0.2, 0) is 17.1 Å². The highest BCUT2D eigenvalue weighted by molar-refractivity contribution is 6.38. The maximum atomic E-state index is 12.6. The number of halogens is 6. The number of ketones is 1. The van der Waals surface area contributed by atoms with Crippen LogP contribution in [-0.4, -0.2) is 11.5 Å². The van der Waals surface area contributed by atoms with Crippen molar-refractivity contribution < 1.29 is 31.1 Å². The highest BCUT2D eigenvalue weighted by Gasteiger charge is 2.36. The standard InChI is InChI=1S/C12H10F6N2O/c1-6(7(2)21)19-20-10-4-8(11(13,14)15)3-9(5-10)12(16,17)18/h3-5,20H,1-2H3. The van der Waals surface area contributed by atoms with E-state index in [0.717, 1.165) is 6.92 Å². The van der Waals surface area contributed by atoms with Crippen LogP contribution in [0.25, 0.3) is 0 Å². The van der Waals surface area contributed by atoms with Crippen LogP contribution < -0.4 is 5.43 Å². The molecule has 0 aliphatic carbocycles. The molecule has 0 saturated carbocycles. The van der Waals surface area contributed by atoms with E-state index in [1.807, 2.05) is 5.43 Å². The van der Waals surface area contributed by atoms with Gasteiger partial charge in [0.05, 0.1) is 16.8 Å². The molecule has 0 heterocycles. The second kappa shape index (κ2) is 5.74. The lowest BCUT2D eigenvalue weighted by atomic mass is 10.1. The Hall–Kier alpha value is -2.06. The van der Waals surface area contributed by atoms with Crippen LogP contribution in [0.1, 0.15) is 25.0 Å². The Labute approximate surface area is 115 Å². The fourth-order valence-electron chi connectivity index (χ4n) is 1.25. The minimum atomic E-state index is -4.93. The third-order valence-electron chi connectivity index (χ3n) is 2.45. The lowest BCUT2D eigenvalue weighted by molar-refractivity contribution is -0.143. The van der Waals surface area contributed by atoms with Crippen molar-refractivity contribution in [2.75, 3.05) is 5.43 Å². The van der Waals surface area contributed by atoms with Crippen LogP contribution >= 0.6 is 0 Å². The summed E-state index contributed by atoms with van der Waals surface area (Å²) in [5, 5.41) is 3.42. The zero-order valence-electron chi connectivity index (χ0n) is 10.9. The van der Waals surface area contributed by atoms with Crippen LogP contribution in [0.2, 0.25) is 0 Å². The molecule has 0 bridgehead atoms. The number of carbonyl (C=O) groups is 1. The molecule has 3 nitrogen and oxygen atoms in total. The van der Waals surface area contributed by atoms with E-state index in [0.29, 0.717) is 12.1 Å². The van der Waals surface area contributed by atoms with Gasteiger partial charge in [-0.15, -0.1) is 0 Å². The largest absolute Gasteiger partial charge is 0.416 e. The van der Waals surface area contributed by atoms with Gasteiger partial charge >= 0.3 is 12.4 Å². The van der Waals surface area contributed by atoms with Crippen molar-refractivity contribution in [3.63, 3.8) is 0 Å². The SMILES string of the molecule is CC(=O)C(C)=NNc1cc(C(F)(F)F)cc(C(F)(F)F)c1. The summed E-state index contributed by atoms with van der Waals surface area (Å²) < 4.78 is 75.5. The third-order valence-corrected chi connectivity index (χ3v) is 2.45. The molecule has 0 unspecified atom stereocenters. The van der Waals surface area contributed by atoms with Gasteiger partial charge in [-0.25, -0.2) is 0 Å². The smallest absolute Gasteiger partial charge is 0.293 e. The normalized spacial score (nSPS) is 13.2. The molecule has 21 heavy (non-hydrogen) atoms. The van der Waals surface area contributed by atoms with Gasteiger partial charge in [0.2, 0.25) is 0 Å². The highest BCUT2D eigenvalue weighted by atomic mass is 19.4. The molecule has 0 saturated heterocycles. The lowest BCUT2D eigenvalue weighted by Gasteiger charge is -2.14. The molecule has 0 radical (unpaired) electrons. The summed E-state index contributed by atoms with van der Waals surface area (Å²) in [5.74, 6) is -0.467. The number of alkyl halides is 6. The lowest BCUT2D eigenvalue weighted by Crippen LogP contribution is -2.12. The summed E-state index contributed by atoms with van der Waals surface area (Å²) in [4.78, 5) is 10.9. The first-order valence-corrected chi connectivity index (χ1v) is 5.52. The van der Waals surface area contributed by atoms with Crippen molar-refractivity contribution in [3.8, 4) is 0 Å². The second-order valence-electron chi connectivity index (χ2n) is 4.16. The van der Waals surface area contributed by atoms with Gasteiger partial charge in [-0.1, -0.05) is 0 Å². The van der Waals surface area contributed by atoms with Crippen LogP contribution in [0.3, 0.4) is 0 Å². The van der Waals surface area contributed by atoms with E-state index in [1.54, 1.807) is 0 Å². The molecule has 1 aromatic carbocycles. The van der Waals surface area contributed by atoms with Gasteiger partial charge in [0.25, 0.3) is 0 Å². The first-order chi connectivity index (χ1) is 9.41. The fourth-order valence-corrected chi connectivity index (χ4v) is 1.25. The van der Waals surface area contributed by atoms with E-state index in [4.69, 9.17) is 0 Å². The number of benzene rings is 1. The zero-order valence-corrected chi connectivity index (χ0v) is 10.9. The number of nitrogens with one attached hydrogen (secondary N) is 1. The van der Waals surface area contributed by atoms with Crippen LogP contribution in [0, 0.1) is 0 Å². The summed E-state index contributed by atoms with van der Waals surface area (Å²) in [6, 6.07) is 0.963. The molecule has 1 N–H and O–H groups in total. The van der Waals surface area contributed by atoms with Crippen LogP contribution in [0.5, 0.6) is 0 Å². The number of Topliss-reactive ketones (excluding diaryl/α,β-unsaturated/α-hetero) is 1. The van der Waals surface area contributed by atoms with Gasteiger partial charge in [-0.2, -0.15) is 31.4 Å². The summed E-state index contributed by atoms with van der Waals surface area (Å²) in [7, 11) is 0. The molecule has 116 valence electrons. The Morgan fingerprint density at radius 3 is 1.71 bits per heavy atom. The monoisotopic (exact) mass is 312 g/mol. The molecule has 0 aliphatic rings. The first kappa shape index (κ1) is 17.0. The molecule has 1 rings (SSSR count). The molecule has 1 aromatic rings. The van der Waals surface area contributed by atoms with Crippen molar-refractivity contribution in [1.29, 1.82) is 0 Å². The molecule has 0 aliphatic heterocycles. The van der Waals surface area contributed by atoms with Gasteiger partial charge in [-0.3, -0.25) is 10.2 Å². The summed E-state index contributed by atoms with van der Waals surface area (Å²) in [6.07, 6.45) is -9.87. The van der Waals surface area contributed by atoms with E-state index in [1.165, 1.54) is 6.92 Å². The zero-order chi connectivity index (χ0) is 16.4. The van der Waals surface area contributed by atoms with Crippen molar-refractivity contribution in [1.82, 2.24) is 0 Å². The van der Waals surface area contributed by atoms with Crippen molar-refractivity contribution in [2.24, 2.45) is 5.10 Å². The van der Waals surface area contributed by atoms with Crippen LogP contribution in [0.15, 0.2) is 23.3 Å². The molecule has 0 fully saturated rings. The van der Waals surface area contributed by atoms with Crippen molar-refractivity contribution >= 4 is 17.2 Å². The minimum Gasteiger partial charge on any atom is -0.293 e. The maximum Gasteiger partial charge on any atom is 0.416 e. The van der Waals surface area contributed by atoms with E-state index in [9.17, 15) is 31.1 Å². The Morgan fingerprint density at radius 1 is 0.952 bits per heavy atom. The first-order valence-electron chi connectivity index (χ1n) is 5.52. The number of hydrogen-bond donors (Lipinski definition) is 1. The van der Waals surface area contributed by atoms with Gasteiger partial charge in [0.15, 0.2) is 5.78 Å². The number of hydrazone groups is 1. The summed E-state index contributed by atoms with van der Waals surface area (Å²) >= 11 is 0. The average molecular weight is 312 g/mol. The maximum absolute atomic E-state index is 12.6. The Balaban J connectivity index is 3.26. The Bertz CT molecular complexity index is 542. The summed E-state index contributed by atoms with van der Waals surface area (Å²) in [6.45, 7) is 2.43. The molecular formula is C12H10F6N2O. The minimum absolute atomic E-state index is 0.00667. The molecular weight excluding hydrogens is 302 g/mol. The molecule has 0 atom stereocenters. The van der Waals surface area contributed by atoms with Crippen LogP contribution in [0.4, 0.5) is 32.0 Å². The van der Waals surface area contributed by atoms with Gasteiger partial charge < -0.3 is 0 Å². The van der Waals surface area contributed by atoms with E-state index in [2.05, 4.69) is 5.10 Å². The third kappa shape index (κ3) is 4.76. The van der Waals surface area contributed by atoms with Gasteiger partial charge in [-0.05, 0) is 25.1 Å². The highest BCUT2D eigenvalue weighted by Crippen LogP contribution is 2.37. The topological polar surface area (TPSA) is 41.5 Å². The molecule has 0 aromatic heterocycles. The second-order valence-corrected chi connectivity index (χ2v) is 4.16. The van der Waals surface area contributed by atoms with Crippen molar-refractivity contribution in [3.05, 3.63) is 29.3 Å². The van der Waals surface area contributed by atoms with E-state index < -0.39 is 35.0 Å². The number of carbonyl (C=O) groups excluding carboxylic acids is 1. The van der Waals surface area contributed by atoms with Gasteiger partial charge in [0.1, 0.15) is 5.71 Å². The van der Waals surface area contributed by atoms with E-state index >= 15 is 0 Å². The number of rotatable bonds is 3. The molecule has 9 heteroatoms. The molecule has 0 spiro atoms. The van der Waals surface area contributed by atoms with Crippen molar-refractivity contribution in [2.45, 2.75) is 26.2 Å². The Morgan fingerprint density at radius 2 is 1.38 bits per heavy atom. The Kier molecular flexibility index (Phi) is 4.65. The number of hydrogen-bond acceptors (Lipinski definition) is 3. The van der Waals surface area contributed by atoms with Gasteiger partial charge in [0, 0.05) is 6.92 Å². The molecule has 0 amide bonds. The quantitative estimate of drug-likeness (QED) is 0.518. The predicted molar refractivity (Wildman–Crippen MR) is 63.9 cm³/mol. The number of nitrogens with zero attached hydrogens (tertiary/aromatic N) is 1. The predicted octanol–water partition coefficient (Wildman–Crippen LogP) is 4.10. The average Bonchev–Trinajstić information content (AvgIpc) is 2.33. The fraction of sp³-hybridized carbons (Fsp3) is 0.333.